The molecule has 2 rings (SSSR count). The Kier molecular flexibility index (Phi) is 5.03. The van der Waals surface area contributed by atoms with Crippen LogP contribution in [-0.4, -0.2) is 43.0 Å². The highest BCUT2D eigenvalue weighted by molar-refractivity contribution is 5.94. The summed E-state index contributed by atoms with van der Waals surface area (Å²) in [5.74, 6) is -1.88. The SMILES string of the molecule is NCCN1CCC(NC(=O)c2cc(F)ccc2F)CC1. The van der Waals surface area contributed by atoms with E-state index < -0.39 is 17.5 Å². The van der Waals surface area contributed by atoms with Crippen LogP contribution in [0.3, 0.4) is 0 Å². The van der Waals surface area contributed by atoms with E-state index >= 15 is 0 Å². The van der Waals surface area contributed by atoms with Crippen molar-refractivity contribution in [2.24, 2.45) is 5.73 Å². The van der Waals surface area contributed by atoms with Crippen LogP contribution in [0.5, 0.6) is 0 Å². The highest BCUT2D eigenvalue weighted by Gasteiger charge is 2.22. The van der Waals surface area contributed by atoms with Crippen LogP contribution in [0.2, 0.25) is 0 Å². The molecule has 1 saturated heterocycles. The average molecular weight is 283 g/mol. The van der Waals surface area contributed by atoms with E-state index in [-0.39, 0.29) is 11.6 Å². The number of halogens is 2. The Hall–Kier alpha value is -1.53. The van der Waals surface area contributed by atoms with Crippen LogP contribution in [0.1, 0.15) is 23.2 Å². The van der Waals surface area contributed by atoms with Gasteiger partial charge in [-0.2, -0.15) is 0 Å². The van der Waals surface area contributed by atoms with Gasteiger partial charge >= 0.3 is 0 Å². The molecule has 3 N–H and O–H groups in total. The predicted octanol–water partition coefficient (Wildman–Crippen LogP) is 1.12. The lowest BCUT2D eigenvalue weighted by Crippen LogP contribution is -2.45. The van der Waals surface area contributed by atoms with Gasteiger partial charge in [-0.1, -0.05) is 0 Å². The summed E-state index contributed by atoms with van der Waals surface area (Å²) in [4.78, 5) is 14.2. The smallest absolute Gasteiger partial charge is 0.254 e. The van der Waals surface area contributed by atoms with E-state index in [1.54, 1.807) is 0 Å². The van der Waals surface area contributed by atoms with Crippen molar-refractivity contribution in [3.8, 4) is 0 Å². The molecule has 1 aromatic rings. The first kappa shape index (κ1) is 14.9. The Morgan fingerprint density at radius 1 is 1.35 bits per heavy atom. The van der Waals surface area contributed by atoms with Crippen molar-refractivity contribution in [1.29, 1.82) is 0 Å². The third-order valence-electron chi connectivity index (χ3n) is 3.54. The Labute approximate surface area is 116 Å². The van der Waals surface area contributed by atoms with Gasteiger partial charge in [0.25, 0.3) is 5.91 Å². The Balaban J connectivity index is 1.91. The number of nitrogens with two attached hydrogens (primary N) is 1. The number of hydrogen-bond acceptors (Lipinski definition) is 3. The first-order valence-electron chi connectivity index (χ1n) is 6.78. The van der Waals surface area contributed by atoms with E-state index in [0.717, 1.165) is 50.7 Å². The minimum Gasteiger partial charge on any atom is -0.349 e. The third-order valence-corrected chi connectivity index (χ3v) is 3.54. The summed E-state index contributed by atoms with van der Waals surface area (Å²) >= 11 is 0. The molecule has 1 fully saturated rings. The lowest BCUT2D eigenvalue weighted by Gasteiger charge is -2.32. The number of benzene rings is 1. The first-order valence-corrected chi connectivity index (χ1v) is 6.78. The molecule has 1 aliphatic heterocycles. The molecule has 1 aliphatic rings. The highest BCUT2D eigenvalue weighted by Crippen LogP contribution is 2.13. The fourth-order valence-corrected chi connectivity index (χ4v) is 2.42. The molecule has 1 heterocycles. The summed E-state index contributed by atoms with van der Waals surface area (Å²) in [6.45, 7) is 3.17. The van der Waals surface area contributed by atoms with Gasteiger partial charge in [0.1, 0.15) is 11.6 Å². The van der Waals surface area contributed by atoms with Gasteiger partial charge in [0.05, 0.1) is 5.56 Å². The summed E-state index contributed by atoms with van der Waals surface area (Å²) in [6.07, 6.45) is 1.59. The second-order valence-corrected chi connectivity index (χ2v) is 5.00. The number of nitrogens with one attached hydrogen (secondary N) is 1. The lowest BCUT2D eigenvalue weighted by atomic mass is 10.0. The minimum absolute atomic E-state index is 0.000748. The Morgan fingerprint density at radius 2 is 2.05 bits per heavy atom. The quantitative estimate of drug-likeness (QED) is 0.870. The number of hydrogen-bond donors (Lipinski definition) is 2. The van der Waals surface area contributed by atoms with E-state index in [9.17, 15) is 13.6 Å². The van der Waals surface area contributed by atoms with Gasteiger partial charge in [0.15, 0.2) is 0 Å². The number of carbonyl (C=O) groups excluding carboxylic acids is 1. The molecular formula is C14H19F2N3O. The number of likely N-dealkylation sites (tertiary alicyclic amines) is 1. The van der Waals surface area contributed by atoms with Crippen LogP contribution in [0, 0.1) is 11.6 Å². The van der Waals surface area contributed by atoms with Gasteiger partial charge in [-0.3, -0.25) is 4.79 Å². The minimum atomic E-state index is -0.704. The normalized spacial score (nSPS) is 17.1. The van der Waals surface area contributed by atoms with Crippen molar-refractivity contribution in [2.75, 3.05) is 26.2 Å². The summed E-state index contributed by atoms with van der Waals surface area (Å²) in [5.41, 5.74) is 5.25. The van der Waals surface area contributed by atoms with E-state index in [1.165, 1.54) is 0 Å². The molecule has 0 atom stereocenters. The summed E-state index contributed by atoms with van der Waals surface area (Å²) in [6, 6.07) is 2.89. The van der Waals surface area contributed by atoms with Gasteiger partial charge in [-0.05, 0) is 31.0 Å². The standard InChI is InChI=1S/C14H19F2N3O/c15-10-1-2-13(16)12(9-10)14(20)18-11-3-6-19(7-4-11)8-5-17/h1-2,9,11H,3-8,17H2,(H,18,20). The van der Waals surface area contributed by atoms with Crippen molar-refractivity contribution >= 4 is 5.91 Å². The number of amides is 1. The maximum absolute atomic E-state index is 13.5. The van der Waals surface area contributed by atoms with Crippen LogP contribution in [0.4, 0.5) is 8.78 Å². The van der Waals surface area contributed by atoms with Gasteiger partial charge in [0.2, 0.25) is 0 Å². The molecule has 1 amide bonds. The van der Waals surface area contributed by atoms with Crippen LogP contribution in [0.15, 0.2) is 18.2 Å². The largest absolute Gasteiger partial charge is 0.349 e. The van der Waals surface area contributed by atoms with Crippen molar-refractivity contribution in [3.63, 3.8) is 0 Å². The molecule has 4 nitrogen and oxygen atoms in total. The Morgan fingerprint density at radius 3 is 2.70 bits per heavy atom. The average Bonchev–Trinajstić information content (AvgIpc) is 2.44. The molecule has 110 valence electrons. The number of carbonyl (C=O) groups is 1. The van der Waals surface area contributed by atoms with E-state index in [2.05, 4.69) is 10.2 Å². The topological polar surface area (TPSA) is 58.4 Å². The van der Waals surface area contributed by atoms with Crippen LogP contribution >= 0.6 is 0 Å². The van der Waals surface area contributed by atoms with E-state index in [0.29, 0.717) is 6.54 Å². The molecule has 0 aromatic heterocycles. The highest BCUT2D eigenvalue weighted by atomic mass is 19.1. The van der Waals surface area contributed by atoms with Gasteiger partial charge < -0.3 is 16.0 Å². The summed E-state index contributed by atoms with van der Waals surface area (Å²) in [5, 5.41) is 2.76. The number of piperidine rings is 1. The molecule has 0 radical (unpaired) electrons. The fraction of sp³-hybridized carbons (Fsp3) is 0.500. The van der Waals surface area contributed by atoms with Crippen molar-refractivity contribution in [2.45, 2.75) is 18.9 Å². The summed E-state index contributed by atoms with van der Waals surface area (Å²) < 4.78 is 26.5. The number of nitrogens with zero attached hydrogens (tertiary/aromatic N) is 1. The Bertz CT molecular complexity index is 473. The molecule has 6 heteroatoms. The first-order chi connectivity index (χ1) is 9.60. The molecule has 0 saturated carbocycles. The van der Waals surface area contributed by atoms with Gasteiger partial charge in [0, 0.05) is 32.2 Å². The molecule has 1 aromatic carbocycles. The summed E-state index contributed by atoms with van der Waals surface area (Å²) in [7, 11) is 0. The van der Waals surface area contributed by atoms with Crippen LogP contribution < -0.4 is 11.1 Å². The maximum atomic E-state index is 13.5. The predicted molar refractivity (Wildman–Crippen MR) is 72.3 cm³/mol. The molecule has 0 spiro atoms. The van der Waals surface area contributed by atoms with Crippen LogP contribution in [-0.2, 0) is 0 Å². The van der Waals surface area contributed by atoms with Crippen molar-refractivity contribution in [1.82, 2.24) is 10.2 Å². The second-order valence-electron chi connectivity index (χ2n) is 5.00. The zero-order chi connectivity index (χ0) is 14.5. The van der Waals surface area contributed by atoms with Gasteiger partial charge in [-0.15, -0.1) is 0 Å². The molecule has 0 bridgehead atoms. The van der Waals surface area contributed by atoms with E-state index in [4.69, 9.17) is 5.73 Å². The molecular weight excluding hydrogens is 264 g/mol. The van der Waals surface area contributed by atoms with Crippen molar-refractivity contribution in [3.05, 3.63) is 35.4 Å². The zero-order valence-electron chi connectivity index (χ0n) is 11.2. The maximum Gasteiger partial charge on any atom is 0.254 e. The molecule has 20 heavy (non-hydrogen) atoms. The lowest BCUT2D eigenvalue weighted by molar-refractivity contribution is 0.0907. The molecule has 0 aliphatic carbocycles. The molecule has 0 unspecified atom stereocenters. The third kappa shape index (κ3) is 3.74. The van der Waals surface area contributed by atoms with Gasteiger partial charge in [-0.25, -0.2) is 8.78 Å². The fourth-order valence-electron chi connectivity index (χ4n) is 2.42. The second kappa shape index (κ2) is 6.76. The monoisotopic (exact) mass is 283 g/mol. The van der Waals surface area contributed by atoms with Crippen LogP contribution in [0.25, 0.3) is 0 Å². The van der Waals surface area contributed by atoms with Crippen molar-refractivity contribution < 1.29 is 13.6 Å². The zero-order valence-corrected chi connectivity index (χ0v) is 11.2. The number of rotatable bonds is 4. The van der Waals surface area contributed by atoms with E-state index in [1.807, 2.05) is 0 Å².